The van der Waals surface area contributed by atoms with Gasteiger partial charge in [0.05, 0.1) is 5.92 Å². The second-order valence-electron chi connectivity index (χ2n) is 7.95. The first kappa shape index (κ1) is 20.8. The Morgan fingerprint density at radius 1 is 1.11 bits per heavy atom. The van der Waals surface area contributed by atoms with Gasteiger partial charge in [-0.1, -0.05) is 25.5 Å². The van der Waals surface area contributed by atoms with Crippen LogP contribution in [0.4, 0.5) is 13.2 Å². The molecule has 0 spiro atoms. The van der Waals surface area contributed by atoms with E-state index in [1.807, 2.05) is 13.0 Å². The van der Waals surface area contributed by atoms with Crippen molar-refractivity contribution in [2.24, 2.45) is 11.8 Å². The van der Waals surface area contributed by atoms with Gasteiger partial charge in [0.1, 0.15) is 11.6 Å². The van der Waals surface area contributed by atoms with E-state index in [-0.39, 0.29) is 11.6 Å². The van der Waals surface area contributed by atoms with Gasteiger partial charge >= 0.3 is 6.11 Å². The van der Waals surface area contributed by atoms with Crippen LogP contribution in [0.1, 0.15) is 57.4 Å². The van der Waals surface area contributed by atoms with E-state index in [0.717, 1.165) is 37.5 Å². The summed E-state index contributed by atoms with van der Waals surface area (Å²) in [6.45, 7) is 5.72. The summed E-state index contributed by atoms with van der Waals surface area (Å²) in [5.74, 6) is -0.470. The first-order valence-electron chi connectivity index (χ1n) is 10.3. The summed E-state index contributed by atoms with van der Waals surface area (Å²) < 4.78 is 48.7. The maximum atomic E-state index is 14.7. The number of benzene rings is 2. The van der Waals surface area contributed by atoms with Crippen LogP contribution in [0, 0.1) is 17.7 Å². The minimum Gasteiger partial charge on any atom is -0.432 e. The fourth-order valence-corrected chi connectivity index (χ4v) is 4.20. The summed E-state index contributed by atoms with van der Waals surface area (Å²) in [5.41, 5.74) is 0.655. The summed E-state index contributed by atoms with van der Waals surface area (Å²) >= 11 is 0. The van der Waals surface area contributed by atoms with Crippen LogP contribution in [0.2, 0.25) is 0 Å². The SMILES string of the molecule is C=CCCC1CCC(C(F)(F)Oc2ccc3cc(CCC)c(F)cc3c2)CC1. The predicted octanol–water partition coefficient (Wildman–Crippen LogP) is 7.68. The van der Waals surface area contributed by atoms with Crippen LogP contribution in [0.15, 0.2) is 43.0 Å². The molecular formula is C24H29F3O. The zero-order valence-electron chi connectivity index (χ0n) is 16.5. The number of hydrogen-bond donors (Lipinski definition) is 0. The molecule has 0 saturated heterocycles. The van der Waals surface area contributed by atoms with E-state index in [1.165, 1.54) is 12.1 Å². The molecule has 0 heterocycles. The summed E-state index contributed by atoms with van der Waals surface area (Å²) in [4.78, 5) is 0. The third-order valence-electron chi connectivity index (χ3n) is 5.85. The van der Waals surface area contributed by atoms with Gasteiger partial charge in [-0.15, -0.1) is 6.58 Å². The van der Waals surface area contributed by atoms with E-state index in [0.29, 0.717) is 36.1 Å². The zero-order valence-corrected chi connectivity index (χ0v) is 16.5. The highest BCUT2D eigenvalue weighted by atomic mass is 19.3. The number of hydrogen-bond acceptors (Lipinski definition) is 1. The average molecular weight is 390 g/mol. The Morgan fingerprint density at radius 2 is 1.86 bits per heavy atom. The average Bonchev–Trinajstić information content (AvgIpc) is 2.67. The minimum atomic E-state index is -3.21. The third kappa shape index (κ3) is 4.89. The van der Waals surface area contributed by atoms with Crippen molar-refractivity contribution in [2.45, 2.75) is 64.4 Å². The van der Waals surface area contributed by atoms with Crippen molar-refractivity contribution in [1.82, 2.24) is 0 Å². The smallest absolute Gasteiger partial charge is 0.400 e. The van der Waals surface area contributed by atoms with Crippen LogP contribution in [0.25, 0.3) is 10.8 Å². The van der Waals surface area contributed by atoms with Gasteiger partial charge in [0, 0.05) is 0 Å². The molecule has 0 amide bonds. The molecule has 3 rings (SSSR count). The van der Waals surface area contributed by atoms with Crippen LogP contribution in [0.5, 0.6) is 5.75 Å². The molecule has 1 fully saturated rings. The molecule has 0 unspecified atom stereocenters. The van der Waals surface area contributed by atoms with E-state index in [4.69, 9.17) is 4.74 Å². The number of allylic oxidation sites excluding steroid dienone is 1. The monoisotopic (exact) mass is 390 g/mol. The van der Waals surface area contributed by atoms with Gasteiger partial charge < -0.3 is 4.74 Å². The molecule has 152 valence electrons. The Balaban J connectivity index is 1.69. The topological polar surface area (TPSA) is 9.23 Å². The van der Waals surface area contributed by atoms with Crippen LogP contribution in [-0.2, 0) is 6.42 Å². The number of aryl methyl sites for hydroxylation is 1. The van der Waals surface area contributed by atoms with Crippen molar-refractivity contribution in [1.29, 1.82) is 0 Å². The highest BCUT2D eigenvalue weighted by Crippen LogP contribution is 2.41. The van der Waals surface area contributed by atoms with Crippen molar-refractivity contribution in [3.63, 3.8) is 0 Å². The number of fused-ring (bicyclic) bond motifs is 1. The molecule has 1 aliphatic rings. The van der Waals surface area contributed by atoms with Crippen molar-refractivity contribution in [3.05, 3.63) is 54.4 Å². The van der Waals surface area contributed by atoms with E-state index in [2.05, 4.69) is 6.58 Å². The van der Waals surface area contributed by atoms with Crippen LogP contribution in [0.3, 0.4) is 0 Å². The molecule has 4 heteroatoms. The Morgan fingerprint density at radius 3 is 2.54 bits per heavy atom. The van der Waals surface area contributed by atoms with Crippen molar-refractivity contribution >= 4 is 10.8 Å². The molecule has 0 aromatic heterocycles. The summed E-state index contributed by atoms with van der Waals surface area (Å²) in [5, 5.41) is 1.42. The predicted molar refractivity (Wildman–Crippen MR) is 108 cm³/mol. The highest BCUT2D eigenvalue weighted by Gasteiger charge is 2.43. The number of ether oxygens (including phenoxy) is 1. The molecule has 0 radical (unpaired) electrons. The lowest BCUT2D eigenvalue weighted by atomic mass is 9.79. The third-order valence-corrected chi connectivity index (χ3v) is 5.85. The van der Waals surface area contributed by atoms with Crippen molar-refractivity contribution in [2.75, 3.05) is 0 Å². The Hall–Kier alpha value is -1.97. The van der Waals surface area contributed by atoms with Gasteiger partial charge in [0.2, 0.25) is 0 Å². The molecule has 0 N–H and O–H groups in total. The maximum Gasteiger partial charge on any atom is 0.400 e. The Bertz CT molecular complexity index is 807. The van der Waals surface area contributed by atoms with Gasteiger partial charge in [0.15, 0.2) is 0 Å². The summed E-state index contributed by atoms with van der Waals surface area (Å²) in [6, 6.07) is 8.00. The van der Waals surface area contributed by atoms with Crippen LogP contribution >= 0.6 is 0 Å². The lowest BCUT2D eigenvalue weighted by Gasteiger charge is -2.33. The van der Waals surface area contributed by atoms with Gasteiger partial charge in [-0.2, -0.15) is 8.78 Å². The Kier molecular flexibility index (Phi) is 6.69. The minimum absolute atomic E-state index is 0.0916. The highest BCUT2D eigenvalue weighted by molar-refractivity contribution is 5.84. The number of rotatable bonds is 8. The van der Waals surface area contributed by atoms with Crippen LogP contribution in [-0.4, -0.2) is 6.11 Å². The van der Waals surface area contributed by atoms with E-state index >= 15 is 0 Å². The molecule has 0 aliphatic heterocycles. The zero-order chi connectivity index (χ0) is 20.1. The molecule has 0 bridgehead atoms. The molecule has 2 aromatic carbocycles. The maximum absolute atomic E-state index is 14.7. The van der Waals surface area contributed by atoms with E-state index < -0.39 is 12.0 Å². The Labute approximate surface area is 165 Å². The first-order chi connectivity index (χ1) is 13.4. The van der Waals surface area contributed by atoms with Gasteiger partial charge in [-0.3, -0.25) is 0 Å². The molecule has 28 heavy (non-hydrogen) atoms. The molecule has 0 atom stereocenters. The normalized spacial score (nSPS) is 20.3. The fourth-order valence-electron chi connectivity index (χ4n) is 4.20. The van der Waals surface area contributed by atoms with Gasteiger partial charge in [0.25, 0.3) is 0 Å². The molecule has 1 nitrogen and oxygen atoms in total. The second-order valence-corrected chi connectivity index (χ2v) is 7.95. The quantitative estimate of drug-likeness (QED) is 0.420. The van der Waals surface area contributed by atoms with Crippen LogP contribution < -0.4 is 4.74 Å². The largest absolute Gasteiger partial charge is 0.432 e. The van der Waals surface area contributed by atoms with E-state index in [1.54, 1.807) is 18.2 Å². The number of halogens is 3. The fraction of sp³-hybridized carbons (Fsp3) is 0.500. The molecule has 1 aliphatic carbocycles. The lowest BCUT2D eigenvalue weighted by Crippen LogP contribution is -2.37. The number of alkyl halides is 2. The second kappa shape index (κ2) is 9.02. The van der Waals surface area contributed by atoms with Crippen molar-refractivity contribution in [3.8, 4) is 5.75 Å². The standard InChI is InChI=1S/C24H29F3O/c1-3-5-7-17-8-11-21(12-9-17)24(26,27)28-22-13-10-18-14-19(6-4-2)23(25)16-20(18)15-22/h3,10,13-17,21H,1,4-9,11-12H2,2H3. The van der Waals surface area contributed by atoms with E-state index in [9.17, 15) is 13.2 Å². The molecular weight excluding hydrogens is 361 g/mol. The summed E-state index contributed by atoms with van der Waals surface area (Å²) in [7, 11) is 0. The van der Waals surface area contributed by atoms with Crippen molar-refractivity contribution < 1.29 is 17.9 Å². The lowest BCUT2D eigenvalue weighted by molar-refractivity contribution is -0.223. The first-order valence-corrected chi connectivity index (χ1v) is 10.3. The van der Waals surface area contributed by atoms with Gasteiger partial charge in [-0.05, 0) is 91.5 Å². The summed E-state index contributed by atoms with van der Waals surface area (Å²) in [6.07, 6.45) is 4.71. The molecule has 1 saturated carbocycles. The molecule has 2 aromatic rings. The van der Waals surface area contributed by atoms with Gasteiger partial charge in [-0.25, -0.2) is 4.39 Å².